The Morgan fingerprint density at radius 1 is 1.05 bits per heavy atom. The van der Waals surface area contributed by atoms with Crippen LogP contribution in [0.25, 0.3) is 0 Å². The van der Waals surface area contributed by atoms with Crippen molar-refractivity contribution < 1.29 is 13.2 Å². The summed E-state index contributed by atoms with van der Waals surface area (Å²) in [6.07, 6.45) is 0. The molecular formula is C14H12F3NS. The van der Waals surface area contributed by atoms with E-state index in [-0.39, 0.29) is 15.8 Å². The lowest BCUT2D eigenvalue weighted by Crippen LogP contribution is -2.07. The van der Waals surface area contributed by atoms with Gasteiger partial charge in [-0.1, -0.05) is 23.9 Å². The topological polar surface area (TPSA) is 26.0 Å². The van der Waals surface area contributed by atoms with Crippen molar-refractivity contribution in [2.75, 3.05) is 0 Å². The molecule has 100 valence electrons. The van der Waals surface area contributed by atoms with Crippen LogP contribution in [0.3, 0.4) is 0 Å². The Kier molecular flexibility index (Phi) is 4.17. The highest BCUT2D eigenvalue weighted by Crippen LogP contribution is 2.36. The predicted octanol–water partition coefficient (Wildman–Crippen LogP) is 4.27. The smallest absolute Gasteiger partial charge is 0.140 e. The minimum atomic E-state index is -0.719. The van der Waals surface area contributed by atoms with E-state index < -0.39 is 17.5 Å². The number of halogens is 3. The third kappa shape index (κ3) is 3.11. The van der Waals surface area contributed by atoms with Crippen LogP contribution in [-0.4, -0.2) is 0 Å². The molecule has 1 atom stereocenters. The second-order valence-corrected chi connectivity index (χ2v) is 5.18. The monoisotopic (exact) mass is 283 g/mol. The molecule has 0 aromatic heterocycles. The molecule has 19 heavy (non-hydrogen) atoms. The van der Waals surface area contributed by atoms with Gasteiger partial charge in [0.1, 0.15) is 17.5 Å². The molecule has 0 aliphatic heterocycles. The Labute approximate surface area is 113 Å². The van der Waals surface area contributed by atoms with Crippen molar-refractivity contribution in [1.29, 1.82) is 0 Å². The summed E-state index contributed by atoms with van der Waals surface area (Å²) in [6, 6.07) is 7.35. The molecule has 0 unspecified atom stereocenters. The first-order chi connectivity index (χ1) is 8.99. The molecule has 0 fully saturated rings. The summed E-state index contributed by atoms with van der Waals surface area (Å²) < 4.78 is 40.3. The van der Waals surface area contributed by atoms with Crippen LogP contribution < -0.4 is 5.73 Å². The molecular weight excluding hydrogens is 271 g/mol. The fourth-order valence-corrected chi connectivity index (χ4v) is 2.71. The highest BCUT2D eigenvalue weighted by molar-refractivity contribution is 7.99. The van der Waals surface area contributed by atoms with Crippen LogP contribution in [0.4, 0.5) is 13.2 Å². The van der Waals surface area contributed by atoms with E-state index in [0.29, 0.717) is 5.56 Å². The van der Waals surface area contributed by atoms with Crippen molar-refractivity contribution in [2.45, 2.75) is 22.8 Å². The number of hydrogen-bond donors (Lipinski definition) is 1. The van der Waals surface area contributed by atoms with E-state index in [4.69, 9.17) is 5.73 Å². The molecule has 0 spiro atoms. The summed E-state index contributed by atoms with van der Waals surface area (Å²) >= 11 is 0.908. The molecule has 0 bridgehead atoms. The Morgan fingerprint density at radius 3 is 2.42 bits per heavy atom. The van der Waals surface area contributed by atoms with E-state index in [1.807, 2.05) is 0 Å². The van der Waals surface area contributed by atoms with Gasteiger partial charge in [0.15, 0.2) is 0 Å². The zero-order valence-electron chi connectivity index (χ0n) is 10.2. The van der Waals surface area contributed by atoms with Gasteiger partial charge in [-0.3, -0.25) is 0 Å². The first kappa shape index (κ1) is 14.0. The molecule has 2 aromatic carbocycles. The number of hydrogen-bond acceptors (Lipinski definition) is 2. The van der Waals surface area contributed by atoms with E-state index in [1.165, 1.54) is 12.1 Å². The fraction of sp³-hybridized carbons (Fsp3) is 0.143. The maximum Gasteiger partial charge on any atom is 0.140 e. The summed E-state index contributed by atoms with van der Waals surface area (Å²) in [5.41, 5.74) is 6.36. The molecule has 2 rings (SSSR count). The number of benzene rings is 2. The number of rotatable bonds is 3. The summed E-state index contributed by atoms with van der Waals surface area (Å²) in [5.74, 6) is -1.85. The van der Waals surface area contributed by atoms with Crippen LogP contribution in [0, 0.1) is 17.5 Å². The van der Waals surface area contributed by atoms with Crippen molar-refractivity contribution in [2.24, 2.45) is 5.73 Å². The van der Waals surface area contributed by atoms with Gasteiger partial charge in [-0.15, -0.1) is 0 Å². The maximum atomic E-state index is 13.8. The van der Waals surface area contributed by atoms with Crippen molar-refractivity contribution in [1.82, 2.24) is 0 Å². The van der Waals surface area contributed by atoms with Gasteiger partial charge < -0.3 is 5.73 Å². The molecule has 2 aromatic rings. The maximum absolute atomic E-state index is 13.8. The van der Waals surface area contributed by atoms with E-state index in [1.54, 1.807) is 19.1 Å². The molecule has 0 saturated heterocycles. The Balaban J connectivity index is 2.43. The van der Waals surface area contributed by atoms with Crippen LogP contribution in [0.1, 0.15) is 18.5 Å². The lowest BCUT2D eigenvalue weighted by Gasteiger charge is -2.13. The van der Waals surface area contributed by atoms with E-state index in [0.717, 1.165) is 23.9 Å². The first-order valence-corrected chi connectivity index (χ1v) is 6.47. The van der Waals surface area contributed by atoms with Crippen molar-refractivity contribution >= 4 is 11.8 Å². The minimum absolute atomic E-state index is 0.161. The van der Waals surface area contributed by atoms with Gasteiger partial charge in [-0.25, -0.2) is 13.2 Å². The second kappa shape index (κ2) is 5.67. The van der Waals surface area contributed by atoms with Gasteiger partial charge in [-0.2, -0.15) is 0 Å². The van der Waals surface area contributed by atoms with Gasteiger partial charge in [0.2, 0.25) is 0 Å². The third-order valence-electron chi connectivity index (χ3n) is 2.59. The molecule has 0 amide bonds. The molecule has 0 aliphatic rings. The predicted molar refractivity (Wildman–Crippen MR) is 69.5 cm³/mol. The molecule has 2 N–H and O–H groups in total. The molecule has 0 heterocycles. The average Bonchev–Trinajstić information content (AvgIpc) is 2.34. The van der Waals surface area contributed by atoms with Gasteiger partial charge in [0, 0.05) is 17.0 Å². The van der Waals surface area contributed by atoms with Crippen LogP contribution in [-0.2, 0) is 0 Å². The van der Waals surface area contributed by atoms with E-state index in [2.05, 4.69) is 0 Å². The highest BCUT2D eigenvalue weighted by atomic mass is 32.2. The lowest BCUT2D eigenvalue weighted by atomic mass is 10.1. The minimum Gasteiger partial charge on any atom is -0.324 e. The molecule has 0 saturated carbocycles. The zero-order chi connectivity index (χ0) is 14.0. The van der Waals surface area contributed by atoms with E-state index in [9.17, 15) is 13.2 Å². The Morgan fingerprint density at radius 2 is 1.79 bits per heavy atom. The standard InChI is InChI=1S/C14H12F3NS/c1-8(18)10-3-2-4-11(16)14(10)19-13-6-5-9(15)7-12(13)17/h2-8H,18H2,1H3/t8-/m1/s1. The largest absolute Gasteiger partial charge is 0.324 e. The summed E-state index contributed by atoms with van der Waals surface area (Å²) in [4.78, 5) is 0.427. The first-order valence-electron chi connectivity index (χ1n) is 5.66. The van der Waals surface area contributed by atoms with Crippen molar-refractivity contribution in [3.05, 3.63) is 59.4 Å². The molecule has 5 heteroatoms. The highest BCUT2D eigenvalue weighted by Gasteiger charge is 2.15. The van der Waals surface area contributed by atoms with Crippen molar-refractivity contribution in [3.8, 4) is 0 Å². The van der Waals surface area contributed by atoms with Gasteiger partial charge >= 0.3 is 0 Å². The SMILES string of the molecule is C[C@@H](N)c1cccc(F)c1Sc1ccc(F)cc1F. The molecule has 1 nitrogen and oxygen atoms in total. The van der Waals surface area contributed by atoms with Gasteiger partial charge in [0.05, 0.1) is 4.90 Å². The summed E-state index contributed by atoms with van der Waals surface area (Å²) in [6.45, 7) is 1.72. The van der Waals surface area contributed by atoms with E-state index >= 15 is 0 Å². The van der Waals surface area contributed by atoms with Crippen LogP contribution in [0.5, 0.6) is 0 Å². The third-order valence-corrected chi connectivity index (χ3v) is 3.78. The number of nitrogens with two attached hydrogens (primary N) is 1. The summed E-state index contributed by atoms with van der Waals surface area (Å²) in [5, 5.41) is 0. The van der Waals surface area contributed by atoms with Gasteiger partial charge in [-0.05, 0) is 30.7 Å². The molecule has 0 aliphatic carbocycles. The average molecular weight is 283 g/mol. The van der Waals surface area contributed by atoms with Gasteiger partial charge in [0.25, 0.3) is 0 Å². The quantitative estimate of drug-likeness (QED) is 0.910. The second-order valence-electron chi connectivity index (χ2n) is 4.12. The van der Waals surface area contributed by atoms with Crippen LogP contribution >= 0.6 is 11.8 Å². The molecule has 0 radical (unpaired) electrons. The van der Waals surface area contributed by atoms with Crippen LogP contribution in [0.15, 0.2) is 46.2 Å². The normalized spacial score (nSPS) is 12.5. The fourth-order valence-electron chi connectivity index (χ4n) is 1.66. The lowest BCUT2D eigenvalue weighted by molar-refractivity contribution is 0.564. The summed E-state index contributed by atoms with van der Waals surface area (Å²) in [7, 11) is 0. The Bertz CT molecular complexity index is 599. The zero-order valence-corrected chi connectivity index (χ0v) is 11.0. The van der Waals surface area contributed by atoms with Crippen molar-refractivity contribution in [3.63, 3.8) is 0 Å². The Hall–Kier alpha value is -1.46. The van der Waals surface area contributed by atoms with Crippen LogP contribution in [0.2, 0.25) is 0 Å².